The van der Waals surface area contributed by atoms with Crippen LogP contribution in [0.2, 0.25) is 0 Å². The van der Waals surface area contributed by atoms with E-state index in [1.807, 2.05) is 12.5 Å². The highest BCUT2D eigenvalue weighted by Crippen LogP contribution is 2.29. The van der Waals surface area contributed by atoms with E-state index in [9.17, 15) is 0 Å². The van der Waals surface area contributed by atoms with Crippen LogP contribution in [0.4, 0.5) is 0 Å². The highest BCUT2D eigenvalue weighted by Gasteiger charge is 2.24. The number of hydrogen-bond acceptors (Lipinski definition) is 3. The molecule has 1 aromatic heterocycles. The summed E-state index contributed by atoms with van der Waals surface area (Å²) >= 11 is 0. The molecule has 2 rings (SSSR count). The van der Waals surface area contributed by atoms with Crippen LogP contribution in [0.15, 0.2) is 12.5 Å². The highest BCUT2D eigenvalue weighted by atomic mass is 16.5. The van der Waals surface area contributed by atoms with Gasteiger partial charge in [-0.25, -0.2) is 4.98 Å². The molecule has 19 heavy (non-hydrogen) atoms. The SMILES string of the molecule is CC(C)n1cncc1COCC1CCCCC1CN. The van der Waals surface area contributed by atoms with Crippen LogP contribution in [0.25, 0.3) is 0 Å². The van der Waals surface area contributed by atoms with Crippen LogP contribution in [0.3, 0.4) is 0 Å². The van der Waals surface area contributed by atoms with E-state index in [-0.39, 0.29) is 0 Å². The van der Waals surface area contributed by atoms with E-state index in [1.165, 1.54) is 25.7 Å². The summed E-state index contributed by atoms with van der Waals surface area (Å²) in [4.78, 5) is 4.20. The van der Waals surface area contributed by atoms with Gasteiger partial charge in [0.2, 0.25) is 0 Å². The molecule has 2 N–H and O–H groups in total. The van der Waals surface area contributed by atoms with Crippen molar-refractivity contribution in [2.45, 2.75) is 52.2 Å². The molecule has 0 radical (unpaired) electrons. The van der Waals surface area contributed by atoms with Crippen molar-refractivity contribution >= 4 is 0 Å². The van der Waals surface area contributed by atoms with Gasteiger partial charge >= 0.3 is 0 Å². The molecule has 1 saturated carbocycles. The van der Waals surface area contributed by atoms with Crippen LogP contribution in [-0.2, 0) is 11.3 Å². The molecule has 1 aliphatic rings. The number of hydrogen-bond donors (Lipinski definition) is 1. The number of ether oxygens (including phenoxy) is 1. The Labute approximate surface area is 116 Å². The molecule has 2 unspecified atom stereocenters. The minimum absolute atomic E-state index is 0.438. The predicted molar refractivity (Wildman–Crippen MR) is 76.8 cm³/mol. The molecule has 0 saturated heterocycles. The van der Waals surface area contributed by atoms with Crippen molar-refractivity contribution < 1.29 is 4.74 Å². The van der Waals surface area contributed by atoms with Gasteiger partial charge in [-0.1, -0.05) is 12.8 Å². The van der Waals surface area contributed by atoms with Crippen LogP contribution < -0.4 is 5.73 Å². The van der Waals surface area contributed by atoms with E-state index in [0.29, 0.717) is 24.5 Å². The van der Waals surface area contributed by atoms with Crippen molar-refractivity contribution in [1.29, 1.82) is 0 Å². The van der Waals surface area contributed by atoms with Gasteiger partial charge < -0.3 is 15.0 Å². The average molecular weight is 265 g/mol. The number of nitrogens with zero attached hydrogens (tertiary/aromatic N) is 2. The average Bonchev–Trinajstić information content (AvgIpc) is 2.88. The maximum atomic E-state index is 5.92. The monoisotopic (exact) mass is 265 g/mol. The standard InChI is InChI=1S/C15H27N3O/c1-12(2)18-11-17-8-15(18)10-19-9-14-6-4-3-5-13(14)7-16/h8,11-14H,3-7,9-10,16H2,1-2H3. The summed E-state index contributed by atoms with van der Waals surface area (Å²) in [5, 5.41) is 0. The zero-order chi connectivity index (χ0) is 13.7. The lowest BCUT2D eigenvalue weighted by Crippen LogP contribution is -2.29. The van der Waals surface area contributed by atoms with Crippen molar-refractivity contribution in [1.82, 2.24) is 9.55 Å². The fraction of sp³-hybridized carbons (Fsp3) is 0.800. The Bertz CT molecular complexity index is 375. The molecular weight excluding hydrogens is 238 g/mol. The van der Waals surface area contributed by atoms with E-state index in [1.54, 1.807) is 0 Å². The van der Waals surface area contributed by atoms with Gasteiger partial charge in [0.15, 0.2) is 0 Å². The van der Waals surface area contributed by atoms with Crippen LogP contribution in [0.5, 0.6) is 0 Å². The Morgan fingerprint density at radius 2 is 2.11 bits per heavy atom. The first kappa shape index (κ1) is 14.5. The van der Waals surface area contributed by atoms with E-state index >= 15 is 0 Å². The van der Waals surface area contributed by atoms with Gasteiger partial charge in [0.1, 0.15) is 0 Å². The second-order valence-corrected chi connectivity index (χ2v) is 5.94. The first-order valence-electron chi connectivity index (χ1n) is 7.51. The van der Waals surface area contributed by atoms with Crippen LogP contribution in [-0.4, -0.2) is 22.7 Å². The van der Waals surface area contributed by atoms with E-state index < -0.39 is 0 Å². The second kappa shape index (κ2) is 7.06. The van der Waals surface area contributed by atoms with Crippen LogP contribution in [0, 0.1) is 11.8 Å². The lowest BCUT2D eigenvalue weighted by atomic mass is 9.80. The summed E-state index contributed by atoms with van der Waals surface area (Å²) in [5.41, 5.74) is 7.02. The molecule has 4 heteroatoms. The molecule has 0 bridgehead atoms. The maximum absolute atomic E-state index is 5.92. The Hall–Kier alpha value is -0.870. The third kappa shape index (κ3) is 3.80. The molecule has 2 atom stereocenters. The zero-order valence-electron chi connectivity index (χ0n) is 12.2. The molecule has 0 aromatic carbocycles. The van der Waals surface area contributed by atoms with Gasteiger partial charge in [-0.15, -0.1) is 0 Å². The molecule has 1 aromatic rings. The molecule has 1 aliphatic carbocycles. The Morgan fingerprint density at radius 3 is 2.79 bits per heavy atom. The summed E-state index contributed by atoms with van der Waals surface area (Å²) in [5.74, 6) is 1.30. The summed E-state index contributed by atoms with van der Waals surface area (Å²) in [6.07, 6.45) is 8.99. The highest BCUT2D eigenvalue weighted by molar-refractivity contribution is 4.97. The van der Waals surface area contributed by atoms with Crippen molar-refractivity contribution in [3.63, 3.8) is 0 Å². The fourth-order valence-electron chi connectivity index (χ4n) is 3.04. The smallest absolute Gasteiger partial charge is 0.0951 e. The molecule has 108 valence electrons. The van der Waals surface area contributed by atoms with Crippen LogP contribution in [0.1, 0.15) is 51.3 Å². The lowest BCUT2D eigenvalue weighted by Gasteiger charge is -2.30. The number of rotatable bonds is 6. The third-order valence-corrected chi connectivity index (χ3v) is 4.25. The van der Waals surface area contributed by atoms with Gasteiger partial charge in [0.25, 0.3) is 0 Å². The summed E-state index contributed by atoms with van der Waals surface area (Å²) < 4.78 is 8.09. The molecule has 1 fully saturated rings. The van der Waals surface area contributed by atoms with Crippen molar-refractivity contribution in [2.75, 3.05) is 13.2 Å². The third-order valence-electron chi connectivity index (χ3n) is 4.25. The van der Waals surface area contributed by atoms with Gasteiger partial charge in [0, 0.05) is 6.04 Å². The largest absolute Gasteiger partial charge is 0.375 e. The molecule has 4 nitrogen and oxygen atoms in total. The van der Waals surface area contributed by atoms with Crippen LogP contribution >= 0.6 is 0 Å². The molecular formula is C15H27N3O. The Kier molecular flexibility index (Phi) is 5.40. The zero-order valence-corrected chi connectivity index (χ0v) is 12.2. The molecule has 0 aliphatic heterocycles. The minimum atomic E-state index is 0.438. The summed E-state index contributed by atoms with van der Waals surface area (Å²) in [7, 11) is 0. The van der Waals surface area contributed by atoms with Gasteiger partial charge in [0.05, 0.1) is 31.4 Å². The maximum Gasteiger partial charge on any atom is 0.0951 e. The van der Waals surface area contributed by atoms with Crippen molar-refractivity contribution in [3.05, 3.63) is 18.2 Å². The fourth-order valence-corrected chi connectivity index (χ4v) is 3.04. The molecule has 1 heterocycles. The number of aromatic nitrogens is 2. The number of nitrogens with two attached hydrogens (primary N) is 1. The van der Waals surface area contributed by atoms with E-state index in [2.05, 4.69) is 23.4 Å². The summed E-state index contributed by atoms with van der Waals surface area (Å²) in [6, 6.07) is 0.438. The van der Waals surface area contributed by atoms with Crippen molar-refractivity contribution in [2.24, 2.45) is 17.6 Å². The van der Waals surface area contributed by atoms with Gasteiger partial charge in [-0.05, 0) is 45.1 Å². The minimum Gasteiger partial charge on any atom is -0.375 e. The first-order valence-corrected chi connectivity index (χ1v) is 7.51. The second-order valence-electron chi connectivity index (χ2n) is 5.94. The van der Waals surface area contributed by atoms with E-state index in [4.69, 9.17) is 10.5 Å². The van der Waals surface area contributed by atoms with Gasteiger partial charge in [-0.3, -0.25) is 0 Å². The Balaban J connectivity index is 1.80. The summed E-state index contributed by atoms with van der Waals surface area (Å²) in [6.45, 7) is 6.63. The normalized spacial score (nSPS) is 24.0. The molecule has 0 spiro atoms. The van der Waals surface area contributed by atoms with E-state index in [0.717, 1.165) is 18.8 Å². The lowest BCUT2D eigenvalue weighted by molar-refractivity contribution is 0.0480. The molecule has 0 amide bonds. The predicted octanol–water partition coefficient (Wildman–Crippen LogP) is 2.75. The Morgan fingerprint density at radius 1 is 1.37 bits per heavy atom. The van der Waals surface area contributed by atoms with Crippen molar-refractivity contribution in [3.8, 4) is 0 Å². The first-order chi connectivity index (χ1) is 9.22. The number of imidazole rings is 1. The van der Waals surface area contributed by atoms with Gasteiger partial charge in [-0.2, -0.15) is 0 Å². The topological polar surface area (TPSA) is 53.1 Å². The quantitative estimate of drug-likeness (QED) is 0.860.